The van der Waals surface area contributed by atoms with Crippen LogP contribution in [-0.2, 0) is 11.2 Å². The summed E-state index contributed by atoms with van der Waals surface area (Å²) in [7, 11) is 0. The number of hydrogen-bond acceptors (Lipinski definition) is 6. The molecule has 0 aliphatic rings. The summed E-state index contributed by atoms with van der Waals surface area (Å²) in [5.74, 6) is -0.395. The van der Waals surface area contributed by atoms with Crippen LogP contribution in [0, 0.1) is 0 Å². The number of nitrogens with one attached hydrogen (secondary N) is 1. The van der Waals surface area contributed by atoms with Crippen LogP contribution in [0.3, 0.4) is 0 Å². The van der Waals surface area contributed by atoms with Crippen molar-refractivity contribution in [2.45, 2.75) is 13.3 Å². The van der Waals surface area contributed by atoms with Crippen molar-refractivity contribution < 1.29 is 9.53 Å². The fraction of sp³-hybridized carbons (Fsp3) is 0.286. The topological polar surface area (TPSA) is 77.2 Å². The number of benzene rings is 1. The molecule has 2 rings (SSSR count). The van der Waals surface area contributed by atoms with Gasteiger partial charge in [0, 0.05) is 24.5 Å². The molecule has 0 atom stereocenters. The highest BCUT2D eigenvalue weighted by Crippen LogP contribution is 2.23. The first-order valence-electron chi connectivity index (χ1n) is 6.40. The molecule has 106 valence electrons. The Morgan fingerprint density at radius 3 is 3.05 bits per heavy atom. The summed E-state index contributed by atoms with van der Waals surface area (Å²) >= 11 is 1.62. The first-order valence-corrected chi connectivity index (χ1v) is 7.28. The van der Waals surface area contributed by atoms with Crippen LogP contribution in [0.15, 0.2) is 29.8 Å². The van der Waals surface area contributed by atoms with Gasteiger partial charge in [-0.25, -0.2) is 9.78 Å². The smallest absolute Gasteiger partial charge is 0.340 e. The monoisotopic (exact) mass is 291 g/mol. The number of rotatable bonds is 6. The second-order valence-corrected chi connectivity index (χ2v) is 5.07. The molecule has 5 nitrogen and oxygen atoms in total. The minimum absolute atomic E-state index is 0.333. The second kappa shape index (κ2) is 6.91. The van der Waals surface area contributed by atoms with E-state index >= 15 is 0 Å². The number of esters is 1. The number of nitrogen functional groups attached to an aromatic ring is 1. The maximum atomic E-state index is 11.7. The SMILES string of the molecule is CCOC(=O)c1cccc(NCCc2nccs2)c1N. The van der Waals surface area contributed by atoms with Crippen molar-refractivity contribution in [3.05, 3.63) is 40.3 Å². The van der Waals surface area contributed by atoms with Crippen LogP contribution in [0.1, 0.15) is 22.3 Å². The largest absolute Gasteiger partial charge is 0.462 e. The zero-order chi connectivity index (χ0) is 14.4. The summed E-state index contributed by atoms with van der Waals surface area (Å²) in [4.78, 5) is 16.0. The number of aromatic nitrogens is 1. The number of anilines is 2. The standard InChI is InChI=1S/C14H17N3O2S/c1-2-19-14(18)10-4-3-5-11(13(10)15)16-7-6-12-17-8-9-20-12/h3-5,8-9,16H,2,6-7,15H2,1H3. The molecule has 1 aromatic heterocycles. The van der Waals surface area contributed by atoms with Gasteiger partial charge < -0.3 is 15.8 Å². The number of hydrogen-bond donors (Lipinski definition) is 2. The molecule has 3 N–H and O–H groups in total. The van der Waals surface area contributed by atoms with Crippen molar-refractivity contribution in [2.75, 3.05) is 24.2 Å². The summed E-state index contributed by atoms with van der Waals surface area (Å²) in [5.41, 5.74) is 7.56. The molecule has 2 aromatic rings. The fourth-order valence-corrected chi connectivity index (χ4v) is 2.41. The van der Waals surface area contributed by atoms with Crippen molar-refractivity contribution in [2.24, 2.45) is 0 Å². The first kappa shape index (κ1) is 14.3. The first-order chi connectivity index (χ1) is 9.72. The quantitative estimate of drug-likeness (QED) is 0.632. The molecule has 0 saturated heterocycles. The number of ether oxygens (including phenoxy) is 1. The van der Waals surface area contributed by atoms with Crippen LogP contribution in [0.4, 0.5) is 11.4 Å². The highest BCUT2D eigenvalue weighted by molar-refractivity contribution is 7.09. The normalized spacial score (nSPS) is 10.2. The third kappa shape index (κ3) is 3.48. The molecule has 0 amide bonds. The predicted molar refractivity (Wildman–Crippen MR) is 81.1 cm³/mol. The maximum Gasteiger partial charge on any atom is 0.340 e. The van der Waals surface area contributed by atoms with Crippen LogP contribution < -0.4 is 11.1 Å². The Kier molecular flexibility index (Phi) is 4.95. The van der Waals surface area contributed by atoms with Gasteiger partial charge in [0.1, 0.15) is 0 Å². The van der Waals surface area contributed by atoms with Crippen molar-refractivity contribution in [3.63, 3.8) is 0 Å². The predicted octanol–water partition coefficient (Wildman–Crippen LogP) is 2.56. The molecule has 6 heteroatoms. The van der Waals surface area contributed by atoms with E-state index in [4.69, 9.17) is 10.5 Å². The Labute approximate surface area is 121 Å². The molecule has 0 aliphatic heterocycles. The van der Waals surface area contributed by atoms with Gasteiger partial charge >= 0.3 is 5.97 Å². The van der Waals surface area contributed by atoms with Gasteiger partial charge in [0.2, 0.25) is 0 Å². The van der Waals surface area contributed by atoms with Gasteiger partial charge in [-0.2, -0.15) is 0 Å². The Hall–Kier alpha value is -2.08. The zero-order valence-corrected chi connectivity index (χ0v) is 12.1. The summed E-state index contributed by atoms with van der Waals surface area (Å²) < 4.78 is 4.97. The van der Waals surface area contributed by atoms with Crippen molar-refractivity contribution in [3.8, 4) is 0 Å². The van der Waals surface area contributed by atoms with E-state index in [-0.39, 0.29) is 0 Å². The molecule has 0 saturated carbocycles. The van der Waals surface area contributed by atoms with Gasteiger partial charge in [-0.15, -0.1) is 11.3 Å². The van der Waals surface area contributed by atoms with Gasteiger partial charge in [-0.1, -0.05) is 6.07 Å². The van der Waals surface area contributed by atoms with Gasteiger partial charge in [0.15, 0.2) is 0 Å². The van der Waals surface area contributed by atoms with E-state index in [0.29, 0.717) is 24.4 Å². The Balaban J connectivity index is 2.01. The van der Waals surface area contributed by atoms with E-state index < -0.39 is 5.97 Å². The van der Waals surface area contributed by atoms with Crippen molar-refractivity contribution >= 4 is 28.7 Å². The molecule has 0 bridgehead atoms. The van der Waals surface area contributed by atoms with Gasteiger partial charge in [-0.05, 0) is 19.1 Å². The molecule has 1 heterocycles. The van der Waals surface area contributed by atoms with Gasteiger partial charge in [0.25, 0.3) is 0 Å². The molecular formula is C14H17N3O2S. The minimum Gasteiger partial charge on any atom is -0.462 e. The van der Waals surface area contributed by atoms with Gasteiger partial charge in [0.05, 0.1) is 28.6 Å². The number of thiazole rings is 1. The van der Waals surface area contributed by atoms with Crippen LogP contribution in [0.5, 0.6) is 0 Å². The van der Waals surface area contributed by atoms with E-state index in [1.165, 1.54) is 0 Å². The zero-order valence-electron chi connectivity index (χ0n) is 11.3. The molecule has 1 aromatic carbocycles. The lowest BCUT2D eigenvalue weighted by Gasteiger charge is -2.11. The highest BCUT2D eigenvalue weighted by atomic mass is 32.1. The fourth-order valence-electron chi connectivity index (χ4n) is 1.79. The third-order valence-electron chi connectivity index (χ3n) is 2.74. The molecule has 20 heavy (non-hydrogen) atoms. The molecule has 0 aliphatic carbocycles. The summed E-state index contributed by atoms with van der Waals surface area (Å²) in [6.45, 7) is 2.81. The third-order valence-corrected chi connectivity index (χ3v) is 3.58. The summed E-state index contributed by atoms with van der Waals surface area (Å²) in [5, 5.41) is 6.24. The molecular weight excluding hydrogens is 274 g/mol. The average molecular weight is 291 g/mol. The van der Waals surface area contributed by atoms with E-state index in [9.17, 15) is 4.79 Å². The lowest BCUT2D eigenvalue weighted by atomic mass is 10.1. The van der Waals surface area contributed by atoms with E-state index in [1.807, 2.05) is 11.4 Å². The summed E-state index contributed by atoms with van der Waals surface area (Å²) in [6.07, 6.45) is 2.61. The van der Waals surface area contributed by atoms with Crippen LogP contribution in [0.2, 0.25) is 0 Å². The molecule has 0 radical (unpaired) electrons. The number of nitrogens with two attached hydrogens (primary N) is 1. The van der Waals surface area contributed by atoms with Crippen molar-refractivity contribution in [1.82, 2.24) is 4.98 Å². The Bertz CT molecular complexity index is 570. The molecule has 0 unspecified atom stereocenters. The highest BCUT2D eigenvalue weighted by Gasteiger charge is 2.13. The lowest BCUT2D eigenvalue weighted by molar-refractivity contribution is 0.0527. The van der Waals surface area contributed by atoms with Crippen LogP contribution in [0.25, 0.3) is 0 Å². The van der Waals surface area contributed by atoms with Crippen molar-refractivity contribution in [1.29, 1.82) is 0 Å². The lowest BCUT2D eigenvalue weighted by Crippen LogP contribution is -2.12. The van der Waals surface area contributed by atoms with Crippen LogP contribution >= 0.6 is 11.3 Å². The second-order valence-electron chi connectivity index (χ2n) is 4.09. The van der Waals surface area contributed by atoms with Gasteiger partial charge in [-0.3, -0.25) is 0 Å². The number of para-hydroxylation sites is 1. The average Bonchev–Trinajstić information content (AvgIpc) is 2.94. The number of carbonyl (C=O) groups excluding carboxylic acids is 1. The Morgan fingerprint density at radius 1 is 1.50 bits per heavy atom. The van der Waals surface area contributed by atoms with E-state index in [0.717, 1.165) is 17.1 Å². The maximum absolute atomic E-state index is 11.7. The van der Waals surface area contributed by atoms with E-state index in [2.05, 4.69) is 10.3 Å². The number of nitrogens with zero attached hydrogens (tertiary/aromatic N) is 1. The Morgan fingerprint density at radius 2 is 2.35 bits per heavy atom. The summed E-state index contributed by atoms with van der Waals surface area (Å²) in [6, 6.07) is 5.30. The number of carbonyl (C=O) groups is 1. The molecule has 0 spiro atoms. The molecule has 0 fully saturated rings. The van der Waals surface area contributed by atoms with Crippen LogP contribution in [-0.4, -0.2) is 24.1 Å². The minimum atomic E-state index is -0.395. The van der Waals surface area contributed by atoms with E-state index in [1.54, 1.807) is 36.6 Å².